The molecule has 5 nitrogen and oxygen atoms in total. The van der Waals surface area contributed by atoms with Crippen LogP contribution in [0.4, 0.5) is 0 Å². The zero-order valence-corrected chi connectivity index (χ0v) is 11.9. The predicted octanol–water partition coefficient (Wildman–Crippen LogP) is 2.31. The maximum atomic E-state index is 11.6. The molecule has 0 spiro atoms. The van der Waals surface area contributed by atoms with Crippen molar-refractivity contribution in [1.82, 2.24) is 9.78 Å². The first kappa shape index (κ1) is 13.5. The Labute approximate surface area is 117 Å². The van der Waals surface area contributed by atoms with E-state index in [1.165, 1.54) is 10.7 Å². The minimum absolute atomic E-state index is 0.482. The summed E-state index contributed by atoms with van der Waals surface area (Å²) in [6, 6.07) is 6.80. The van der Waals surface area contributed by atoms with Crippen LogP contribution in [-0.4, -0.2) is 20.9 Å². The Balaban J connectivity index is 2.76. The second-order valence-corrected chi connectivity index (χ2v) is 4.95. The lowest BCUT2D eigenvalue weighted by molar-refractivity contribution is 0.0686. The van der Waals surface area contributed by atoms with Crippen molar-refractivity contribution < 1.29 is 9.90 Å². The van der Waals surface area contributed by atoms with Gasteiger partial charge in [-0.1, -0.05) is 22.0 Å². The molecule has 0 amide bonds. The average Bonchev–Trinajstić information content (AvgIpc) is 2.33. The van der Waals surface area contributed by atoms with Gasteiger partial charge < -0.3 is 5.11 Å². The van der Waals surface area contributed by atoms with Gasteiger partial charge in [-0.3, -0.25) is 4.79 Å². The predicted molar refractivity (Wildman–Crippen MR) is 74.0 cm³/mol. The number of aromatic nitrogens is 2. The molecule has 0 atom stereocenters. The highest BCUT2D eigenvalue weighted by molar-refractivity contribution is 9.10. The third kappa shape index (κ3) is 2.44. The number of benzene rings is 1. The van der Waals surface area contributed by atoms with Gasteiger partial charge in [0.05, 0.1) is 5.69 Å². The van der Waals surface area contributed by atoms with Gasteiger partial charge in [0.15, 0.2) is 0 Å². The summed E-state index contributed by atoms with van der Waals surface area (Å²) < 4.78 is 2.35. The van der Waals surface area contributed by atoms with Crippen molar-refractivity contribution in [3.8, 4) is 5.69 Å². The van der Waals surface area contributed by atoms with Crippen molar-refractivity contribution >= 4 is 21.9 Å². The van der Waals surface area contributed by atoms with Gasteiger partial charge in [-0.05, 0) is 31.5 Å². The zero-order valence-electron chi connectivity index (χ0n) is 10.3. The molecule has 1 aromatic heterocycles. The number of hydrogen-bond donors (Lipinski definition) is 1. The fourth-order valence-corrected chi connectivity index (χ4v) is 2.12. The van der Waals surface area contributed by atoms with Crippen LogP contribution in [0.2, 0.25) is 0 Å². The van der Waals surface area contributed by atoms with Gasteiger partial charge in [0.25, 0.3) is 0 Å². The summed E-state index contributed by atoms with van der Waals surface area (Å²) in [6.45, 7) is 3.60. The molecule has 1 heterocycles. The summed E-state index contributed by atoms with van der Waals surface area (Å²) in [5, 5.41) is 12.9. The van der Waals surface area contributed by atoms with E-state index in [-0.39, 0.29) is 0 Å². The van der Waals surface area contributed by atoms with Crippen LogP contribution in [0.5, 0.6) is 0 Å². The Bertz CT molecular complexity index is 722. The average molecular weight is 323 g/mol. The van der Waals surface area contributed by atoms with Crippen molar-refractivity contribution in [2.75, 3.05) is 0 Å². The molecule has 0 aliphatic rings. The largest absolute Gasteiger partial charge is 0.476 e. The van der Waals surface area contributed by atoms with E-state index in [2.05, 4.69) is 21.0 Å². The molecule has 2 rings (SSSR count). The molecule has 6 heteroatoms. The molecule has 0 aliphatic carbocycles. The molecule has 0 bridgehead atoms. The normalized spacial score (nSPS) is 10.5. The molecule has 1 N–H and O–H groups in total. The molecule has 0 unspecified atom stereocenters. The summed E-state index contributed by atoms with van der Waals surface area (Å²) in [4.78, 5) is 22.5. The lowest BCUT2D eigenvalue weighted by Gasteiger charge is -2.13. The number of hydrogen-bond acceptors (Lipinski definition) is 3. The summed E-state index contributed by atoms with van der Waals surface area (Å²) in [5.74, 6) is -1.33. The monoisotopic (exact) mass is 322 g/mol. The third-order valence-corrected chi connectivity index (χ3v) is 3.64. The summed E-state index contributed by atoms with van der Waals surface area (Å²) in [5.41, 5.74) is 1.16. The lowest BCUT2D eigenvalue weighted by Crippen LogP contribution is -2.22. The number of carboxylic acids is 1. The smallest absolute Gasteiger partial charge is 0.360 e. The van der Waals surface area contributed by atoms with Crippen LogP contribution in [0.15, 0.2) is 33.5 Å². The highest BCUT2D eigenvalue weighted by atomic mass is 79.9. The van der Waals surface area contributed by atoms with Gasteiger partial charge in [-0.2, -0.15) is 5.10 Å². The summed E-state index contributed by atoms with van der Waals surface area (Å²) >= 11 is 3.41. The standard InChI is InChI=1S/C13H11BrN2O3/c1-7-6-11(17)12(13(18)19)15-16(7)10-5-3-4-9(14)8(10)2/h3-6H,1-2H3,(H,18,19). The van der Waals surface area contributed by atoms with Gasteiger partial charge in [-0.15, -0.1) is 0 Å². The molecule has 98 valence electrons. The first-order valence-corrected chi connectivity index (χ1v) is 6.31. The molecule has 0 aliphatic heterocycles. The molecule has 0 saturated carbocycles. The van der Waals surface area contributed by atoms with Gasteiger partial charge in [-0.25, -0.2) is 9.48 Å². The maximum absolute atomic E-state index is 11.6. The maximum Gasteiger partial charge on any atom is 0.360 e. The van der Waals surface area contributed by atoms with Crippen LogP contribution in [0.25, 0.3) is 5.69 Å². The molecule has 1 aromatic carbocycles. The van der Waals surface area contributed by atoms with Gasteiger partial charge >= 0.3 is 5.97 Å². The third-order valence-electron chi connectivity index (χ3n) is 2.78. The number of aromatic carboxylic acids is 1. The van der Waals surface area contributed by atoms with Crippen molar-refractivity contribution in [3.63, 3.8) is 0 Å². The zero-order chi connectivity index (χ0) is 14.2. The Morgan fingerprint density at radius 3 is 2.68 bits per heavy atom. The van der Waals surface area contributed by atoms with E-state index in [0.717, 1.165) is 15.7 Å². The molecule has 0 saturated heterocycles. The number of rotatable bonds is 2. The number of nitrogens with zero attached hydrogens (tertiary/aromatic N) is 2. The fourth-order valence-electron chi connectivity index (χ4n) is 1.76. The minimum atomic E-state index is -1.33. The molecular formula is C13H11BrN2O3. The topological polar surface area (TPSA) is 72.2 Å². The van der Waals surface area contributed by atoms with Gasteiger partial charge in [0.2, 0.25) is 11.1 Å². The first-order chi connectivity index (χ1) is 8.91. The minimum Gasteiger partial charge on any atom is -0.476 e. The van der Waals surface area contributed by atoms with Crippen molar-refractivity contribution in [2.24, 2.45) is 0 Å². The SMILES string of the molecule is Cc1c(Br)cccc1-n1nc(C(=O)O)c(=O)cc1C. The Hall–Kier alpha value is -1.95. The van der Waals surface area contributed by atoms with E-state index in [4.69, 9.17) is 5.11 Å². The number of carbonyl (C=O) groups is 1. The fraction of sp³-hybridized carbons (Fsp3) is 0.154. The highest BCUT2D eigenvalue weighted by Crippen LogP contribution is 2.22. The lowest BCUT2D eigenvalue weighted by atomic mass is 10.2. The second-order valence-electron chi connectivity index (χ2n) is 4.10. The molecule has 19 heavy (non-hydrogen) atoms. The molecule has 2 aromatic rings. The van der Waals surface area contributed by atoms with Crippen LogP contribution < -0.4 is 5.43 Å². The van der Waals surface area contributed by atoms with Crippen LogP contribution >= 0.6 is 15.9 Å². The van der Waals surface area contributed by atoms with E-state index in [0.29, 0.717) is 5.69 Å². The van der Waals surface area contributed by atoms with Crippen LogP contribution in [0.1, 0.15) is 21.7 Å². The number of aryl methyl sites for hydroxylation is 1. The van der Waals surface area contributed by atoms with Crippen LogP contribution in [-0.2, 0) is 0 Å². The molecule has 0 fully saturated rings. The number of halogens is 1. The van der Waals surface area contributed by atoms with E-state index in [1.54, 1.807) is 6.92 Å². The Morgan fingerprint density at radius 1 is 1.37 bits per heavy atom. The van der Waals surface area contributed by atoms with Crippen LogP contribution in [0.3, 0.4) is 0 Å². The van der Waals surface area contributed by atoms with E-state index in [9.17, 15) is 9.59 Å². The van der Waals surface area contributed by atoms with Crippen LogP contribution in [0, 0.1) is 13.8 Å². The Morgan fingerprint density at radius 2 is 2.05 bits per heavy atom. The van der Waals surface area contributed by atoms with E-state index in [1.807, 2.05) is 25.1 Å². The van der Waals surface area contributed by atoms with Crippen molar-refractivity contribution in [2.45, 2.75) is 13.8 Å². The van der Waals surface area contributed by atoms with Crippen molar-refractivity contribution in [3.05, 3.63) is 55.9 Å². The Kier molecular flexibility index (Phi) is 3.53. The summed E-state index contributed by atoms with van der Waals surface area (Å²) in [6.07, 6.45) is 0. The van der Waals surface area contributed by atoms with Crippen molar-refractivity contribution in [1.29, 1.82) is 0 Å². The molecule has 0 radical (unpaired) electrons. The second kappa shape index (κ2) is 4.97. The summed E-state index contributed by atoms with van der Waals surface area (Å²) in [7, 11) is 0. The quantitative estimate of drug-likeness (QED) is 0.920. The van der Waals surface area contributed by atoms with E-state index < -0.39 is 17.1 Å². The van der Waals surface area contributed by atoms with Gasteiger partial charge in [0, 0.05) is 16.2 Å². The molecular weight excluding hydrogens is 312 g/mol. The number of carboxylic acid groups (broad SMARTS) is 1. The first-order valence-electron chi connectivity index (χ1n) is 5.51. The van der Waals surface area contributed by atoms with Gasteiger partial charge in [0.1, 0.15) is 0 Å². The van der Waals surface area contributed by atoms with E-state index >= 15 is 0 Å². The highest BCUT2D eigenvalue weighted by Gasteiger charge is 2.15.